The molecule has 1 aromatic rings. The first kappa shape index (κ1) is 7.98. The third-order valence-electron chi connectivity index (χ3n) is 2.34. The molecule has 1 N–H and O–H groups in total. The van der Waals surface area contributed by atoms with Crippen LogP contribution in [0.25, 0.3) is 0 Å². The lowest BCUT2D eigenvalue weighted by atomic mass is 10.2. The lowest BCUT2D eigenvalue weighted by Crippen LogP contribution is -2.07. The molecule has 12 heavy (non-hydrogen) atoms. The summed E-state index contributed by atoms with van der Waals surface area (Å²) in [6, 6.07) is 0.602. The van der Waals surface area contributed by atoms with Gasteiger partial charge in [-0.15, -0.1) is 10.2 Å². The standard InChI is InChI=1S/C8H13N3S/c1-5-10-11-7(12-5)9-6-4-8(6,2)3/h6H,4H2,1-3H3,(H,9,11). The van der Waals surface area contributed by atoms with Crippen molar-refractivity contribution in [1.82, 2.24) is 10.2 Å². The van der Waals surface area contributed by atoms with Gasteiger partial charge >= 0.3 is 0 Å². The van der Waals surface area contributed by atoms with E-state index in [1.807, 2.05) is 6.92 Å². The Hall–Kier alpha value is -0.640. The molecule has 0 bridgehead atoms. The SMILES string of the molecule is Cc1nnc(NC2CC2(C)C)s1. The predicted molar refractivity (Wildman–Crippen MR) is 50.5 cm³/mol. The van der Waals surface area contributed by atoms with Crippen molar-refractivity contribution >= 4 is 16.5 Å². The zero-order valence-corrected chi connectivity index (χ0v) is 8.40. The maximum atomic E-state index is 4.02. The number of nitrogens with zero attached hydrogens (tertiary/aromatic N) is 2. The van der Waals surface area contributed by atoms with Crippen LogP contribution in [0.5, 0.6) is 0 Å². The minimum Gasteiger partial charge on any atom is -0.357 e. The van der Waals surface area contributed by atoms with E-state index in [0.29, 0.717) is 11.5 Å². The van der Waals surface area contributed by atoms with Crippen LogP contribution in [-0.4, -0.2) is 16.2 Å². The molecule has 1 aliphatic rings. The van der Waals surface area contributed by atoms with Gasteiger partial charge in [0.1, 0.15) is 5.01 Å². The third-order valence-corrected chi connectivity index (χ3v) is 3.11. The highest BCUT2D eigenvalue weighted by atomic mass is 32.1. The number of aryl methyl sites for hydroxylation is 1. The lowest BCUT2D eigenvalue weighted by Gasteiger charge is -2.02. The molecule has 0 aliphatic heterocycles. The Morgan fingerprint density at radius 3 is 2.58 bits per heavy atom. The maximum absolute atomic E-state index is 4.02. The third kappa shape index (κ3) is 1.43. The monoisotopic (exact) mass is 183 g/mol. The highest BCUT2D eigenvalue weighted by molar-refractivity contribution is 7.15. The van der Waals surface area contributed by atoms with E-state index in [-0.39, 0.29) is 0 Å². The second-order valence-corrected chi connectivity index (χ2v) is 5.20. The topological polar surface area (TPSA) is 37.8 Å². The van der Waals surface area contributed by atoms with E-state index in [1.54, 1.807) is 11.3 Å². The molecule has 4 heteroatoms. The van der Waals surface area contributed by atoms with Crippen LogP contribution in [0.1, 0.15) is 25.3 Å². The fourth-order valence-corrected chi connectivity index (χ4v) is 1.86. The molecule has 1 saturated carbocycles. The Bertz CT molecular complexity index is 292. The van der Waals surface area contributed by atoms with Gasteiger partial charge in [-0.25, -0.2) is 0 Å². The smallest absolute Gasteiger partial charge is 0.205 e. The fraction of sp³-hybridized carbons (Fsp3) is 0.750. The molecule has 1 fully saturated rings. The van der Waals surface area contributed by atoms with Crippen LogP contribution < -0.4 is 5.32 Å². The van der Waals surface area contributed by atoms with Crippen molar-refractivity contribution in [3.05, 3.63) is 5.01 Å². The van der Waals surface area contributed by atoms with Crippen molar-refractivity contribution in [2.24, 2.45) is 5.41 Å². The number of hydrogen-bond donors (Lipinski definition) is 1. The molecule has 0 amide bonds. The summed E-state index contributed by atoms with van der Waals surface area (Å²) in [6.07, 6.45) is 1.24. The molecule has 2 rings (SSSR count). The van der Waals surface area contributed by atoms with Crippen LogP contribution in [0.2, 0.25) is 0 Å². The molecule has 1 atom stereocenters. The first-order valence-corrected chi connectivity index (χ1v) is 4.96. The summed E-state index contributed by atoms with van der Waals surface area (Å²) in [4.78, 5) is 0. The van der Waals surface area contributed by atoms with Gasteiger partial charge in [-0.2, -0.15) is 0 Å². The summed E-state index contributed by atoms with van der Waals surface area (Å²) in [5.41, 5.74) is 0.458. The van der Waals surface area contributed by atoms with E-state index < -0.39 is 0 Å². The quantitative estimate of drug-likeness (QED) is 0.762. The summed E-state index contributed by atoms with van der Waals surface area (Å²) in [7, 11) is 0. The average molecular weight is 183 g/mol. The van der Waals surface area contributed by atoms with E-state index >= 15 is 0 Å². The highest BCUT2D eigenvalue weighted by Gasteiger charge is 2.46. The summed E-state index contributed by atoms with van der Waals surface area (Å²) in [5.74, 6) is 0. The maximum Gasteiger partial charge on any atom is 0.205 e. The van der Waals surface area contributed by atoms with Crippen molar-refractivity contribution in [1.29, 1.82) is 0 Å². The van der Waals surface area contributed by atoms with E-state index in [9.17, 15) is 0 Å². The van der Waals surface area contributed by atoms with Crippen LogP contribution in [0.4, 0.5) is 5.13 Å². The predicted octanol–water partition coefficient (Wildman–Crippen LogP) is 2.06. The van der Waals surface area contributed by atoms with Gasteiger partial charge in [-0.3, -0.25) is 0 Å². The van der Waals surface area contributed by atoms with Gasteiger partial charge in [0.2, 0.25) is 5.13 Å². The van der Waals surface area contributed by atoms with Gasteiger partial charge in [0.05, 0.1) is 0 Å². The van der Waals surface area contributed by atoms with Crippen molar-refractivity contribution in [2.45, 2.75) is 33.2 Å². The molecule has 66 valence electrons. The molecule has 1 unspecified atom stereocenters. The fourth-order valence-electron chi connectivity index (χ4n) is 1.22. The van der Waals surface area contributed by atoms with Gasteiger partial charge in [-0.05, 0) is 18.8 Å². The van der Waals surface area contributed by atoms with Gasteiger partial charge < -0.3 is 5.32 Å². The molecule has 0 spiro atoms. The Morgan fingerprint density at radius 2 is 2.17 bits per heavy atom. The molecular weight excluding hydrogens is 170 g/mol. The normalized spacial score (nSPS) is 25.4. The molecular formula is C8H13N3S. The van der Waals surface area contributed by atoms with Crippen LogP contribution in [0.15, 0.2) is 0 Å². The van der Waals surface area contributed by atoms with Gasteiger partial charge in [0.25, 0.3) is 0 Å². The van der Waals surface area contributed by atoms with E-state index in [0.717, 1.165) is 10.1 Å². The number of hydrogen-bond acceptors (Lipinski definition) is 4. The second-order valence-electron chi connectivity index (χ2n) is 4.02. The number of anilines is 1. The Labute approximate surface area is 76.2 Å². The molecule has 1 aliphatic carbocycles. The van der Waals surface area contributed by atoms with E-state index in [4.69, 9.17) is 0 Å². The van der Waals surface area contributed by atoms with E-state index in [2.05, 4.69) is 29.4 Å². The zero-order valence-electron chi connectivity index (χ0n) is 7.59. The Kier molecular flexibility index (Phi) is 1.61. The molecule has 1 aromatic heterocycles. The second kappa shape index (κ2) is 2.42. The highest BCUT2D eigenvalue weighted by Crippen LogP contribution is 2.46. The number of aromatic nitrogens is 2. The van der Waals surface area contributed by atoms with Crippen molar-refractivity contribution in [3.8, 4) is 0 Å². The minimum absolute atomic E-state index is 0.458. The molecule has 0 radical (unpaired) electrons. The summed E-state index contributed by atoms with van der Waals surface area (Å²) in [5, 5.41) is 13.3. The Balaban J connectivity index is 1.97. The summed E-state index contributed by atoms with van der Waals surface area (Å²) in [6.45, 7) is 6.50. The molecule has 3 nitrogen and oxygen atoms in total. The van der Waals surface area contributed by atoms with Crippen LogP contribution in [-0.2, 0) is 0 Å². The summed E-state index contributed by atoms with van der Waals surface area (Å²) >= 11 is 1.62. The Morgan fingerprint density at radius 1 is 1.50 bits per heavy atom. The van der Waals surface area contributed by atoms with Gasteiger partial charge in [-0.1, -0.05) is 25.2 Å². The van der Waals surface area contributed by atoms with Gasteiger partial charge in [0, 0.05) is 6.04 Å². The molecule has 1 heterocycles. The zero-order chi connectivity index (χ0) is 8.77. The number of nitrogens with one attached hydrogen (secondary N) is 1. The van der Waals surface area contributed by atoms with Crippen molar-refractivity contribution in [3.63, 3.8) is 0 Å². The largest absolute Gasteiger partial charge is 0.357 e. The van der Waals surface area contributed by atoms with Crippen LogP contribution in [0, 0.1) is 12.3 Å². The molecule has 0 aromatic carbocycles. The first-order chi connectivity index (χ1) is 5.58. The minimum atomic E-state index is 0.458. The van der Waals surface area contributed by atoms with Crippen LogP contribution >= 0.6 is 11.3 Å². The van der Waals surface area contributed by atoms with Gasteiger partial charge in [0.15, 0.2) is 0 Å². The summed E-state index contributed by atoms with van der Waals surface area (Å²) < 4.78 is 0. The average Bonchev–Trinajstić information content (AvgIpc) is 2.41. The van der Waals surface area contributed by atoms with E-state index in [1.165, 1.54) is 6.42 Å². The number of rotatable bonds is 2. The van der Waals surface area contributed by atoms with Crippen molar-refractivity contribution < 1.29 is 0 Å². The first-order valence-electron chi connectivity index (χ1n) is 4.14. The molecule has 0 saturated heterocycles. The lowest BCUT2D eigenvalue weighted by molar-refractivity contribution is 0.630. The van der Waals surface area contributed by atoms with Crippen molar-refractivity contribution in [2.75, 3.05) is 5.32 Å². The van der Waals surface area contributed by atoms with Crippen LogP contribution in [0.3, 0.4) is 0 Å².